The van der Waals surface area contributed by atoms with E-state index >= 15 is 0 Å². The molecule has 0 spiro atoms. The monoisotopic (exact) mass is 367 g/mol. The van der Waals surface area contributed by atoms with E-state index in [4.69, 9.17) is 11.6 Å². The Hall–Kier alpha value is -2.99. The molecular formula is C19H18ClN5O. The molecule has 0 bridgehead atoms. The fourth-order valence-corrected chi connectivity index (χ4v) is 2.42. The molecule has 132 valence electrons. The third-order valence-corrected chi connectivity index (χ3v) is 3.94. The standard InChI is InChI=1S/C19H18ClN5O/c20-15-6-4-14(5-7-15)10-12-22-18-9-8-17(24-25-18)19(26)23-13-16-3-1-2-11-21-16/h1-9,11H,10,12-13H2,(H,22,25)(H,23,26). The molecule has 3 rings (SSSR count). The first kappa shape index (κ1) is 17.8. The third-order valence-electron chi connectivity index (χ3n) is 3.69. The molecule has 0 fully saturated rings. The summed E-state index contributed by atoms with van der Waals surface area (Å²) in [6.07, 6.45) is 2.52. The zero-order valence-electron chi connectivity index (χ0n) is 14.0. The van der Waals surface area contributed by atoms with Crippen molar-refractivity contribution in [3.05, 3.63) is 82.8 Å². The van der Waals surface area contributed by atoms with Gasteiger partial charge in [0.25, 0.3) is 5.91 Å². The van der Waals surface area contributed by atoms with Crippen LogP contribution >= 0.6 is 11.6 Å². The molecule has 0 aliphatic heterocycles. The van der Waals surface area contributed by atoms with Crippen LogP contribution in [-0.2, 0) is 13.0 Å². The van der Waals surface area contributed by atoms with Crippen LogP contribution in [0.15, 0.2) is 60.8 Å². The Balaban J connectivity index is 1.46. The lowest BCUT2D eigenvalue weighted by atomic mass is 10.1. The van der Waals surface area contributed by atoms with Crippen LogP contribution < -0.4 is 10.6 Å². The maximum Gasteiger partial charge on any atom is 0.272 e. The van der Waals surface area contributed by atoms with Crippen molar-refractivity contribution >= 4 is 23.3 Å². The average molecular weight is 368 g/mol. The van der Waals surface area contributed by atoms with Crippen molar-refractivity contribution in [3.63, 3.8) is 0 Å². The van der Waals surface area contributed by atoms with E-state index in [9.17, 15) is 4.79 Å². The molecule has 3 aromatic rings. The van der Waals surface area contributed by atoms with E-state index in [1.807, 2.05) is 42.5 Å². The van der Waals surface area contributed by atoms with Crippen LogP contribution in [0.2, 0.25) is 5.02 Å². The van der Waals surface area contributed by atoms with Gasteiger partial charge in [0, 0.05) is 17.8 Å². The number of benzene rings is 1. The largest absolute Gasteiger partial charge is 0.368 e. The number of anilines is 1. The highest BCUT2D eigenvalue weighted by Gasteiger charge is 2.08. The van der Waals surface area contributed by atoms with Gasteiger partial charge in [0.15, 0.2) is 5.69 Å². The molecule has 0 unspecified atom stereocenters. The quantitative estimate of drug-likeness (QED) is 0.670. The molecule has 2 aromatic heterocycles. The van der Waals surface area contributed by atoms with Crippen molar-refractivity contribution in [2.24, 2.45) is 0 Å². The Kier molecular flexibility index (Phi) is 6.11. The summed E-state index contributed by atoms with van der Waals surface area (Å²) >= 11 is 5.87. The van der Waals surface area contributed by atoms with Gasteiger partial charge in [-0.15, -0.1) is 10.2 Å². The first-order chi connectivity index (χ1) is 12.7. The van der Waals surface area contributed by atoms with Gasteiger partial charge in [-0.1, -0.05) is 29.8 Å². The number of pyridine rings is 1. The minimum absolute atomic E-state index is 0.268. The topological polar surface area (TPSA) is 79.8 Å². The van der Waals surface area contributed by atoms with E-state index in [1.165, 1.54) is 5.56 Å². The second kappa shape index (κ2) is 8.92. The molecule has 0 radical (unpaired) electrons. The lowest BCUT2D eigenvalue weighted by Crippen LogP contribution is -2.24. The van der Waals surface area contributed by atoms with Crippen molar-refractivity contribution in [3.8, 4) is 0 Å². The van der Waals surface area contributed by atoms with Gasteiger partial charge in [-0.2, -0.15) is 0 Å². The second-order valence-electron chi connectivity index (χ2n) is 5.61. The van der Waals surface area contributed by atoms with E-state index in [-0.39, 0.29) is 11.6 Å². The summed E-state index contributed by atoms with van der Waals surface area (Å²) in [6, 6.07) is 16.7. The number of hydrogen-bond donors (Lipinski definition) is 2. The van der Waals surface area contributed by atoms with Gasteiger partial charge < -0.3 is 10.6 Å². The summed E-state index contributed by atoms with van der Waals surface area (Å²) in [6.45, 7) is 1.06. The Morgan fingerprint density at radius 2 is 1.85 bits per heavy atom. The first-order valence-corrected chi connectivity index (χ1v) is 8.59. The summed E-state index contributed by atoms with van der Waals surface area (Å²) in [4.78, 5) is 16.2. The number of amides is 1. The number of carbonyl (C=O) groups excluding carboxylic acids is 1. The van der Waals surface area contributed by atoms with Crippen LogP contribution in [-0.4, -0.2) is 27.6 Å². The summed E-state index contributed by atoms with van der Waals surface area (Å²) in [7, 11) is 0. The van der Waals surface area contributed by atoms with Gasteiger partial charge in [0.05, 0.1) is 12.2 Å². The average Bonchev–Trinajstić information content (AvgIpc) is 2.69. The summed E-state index contributed by atoms with van der Waals surface area (Å²) < 4.78 is 0. The molecule has 0 saturated carbocycles. The van der Waals surface area contributed by atoms with E-state index in [0.717, 1.165) is 17.1 Å². The zero-order valence-corrected chi connectivity index (χ0v) is 14.8. The lowest BCUT2D eigenvalue weighted by molar-refractivity contribution is 0.0944. The summed E-state index contributed by atoms with van der Waals surface area (Å²) in [5, 5.41) is 14.7. The van der Waals surface area contributed by atoms with Crippen LogP contribution in [0.3, 0.4) is 0 Å². The maximum atomic E-state index is 12.1. The highest BCUT2D eigenvalue weighted by Crippen LogP contribution is 2.10. The smallest absolute Gasteiger partial charge is 0.272 e. The number of rotatable bonds is 7. The van der Waals surface area contributed by atoms with Gasteiger partial charge in [-0.25, -0.2) is 0 Å². The molecule has 1 aromatic carbocycles. The highest BCUT2D eigenvalue weighted by molar-refractivity contribution is 6.30. The van der Waals surface area contributed by atoms with Crippen molar-refractivity contribution in [1.82, 2.24) is 20.5 Å². The van der Waals surface area contributed by atoms with Crippen LogP contribution in [0.1, 0.15) is 21.7 Å². The number of nitrogens with zero attached hydrogens (tertiary/aromatic N) is 3. The van der Waals surface area contributed by atoms with Gasteiger partial charge in [0.2, 0.25) is 0 Å². The van der Waals surface area contributed by atoms with E-state index < -0.39 is 0 Å². The molecule has 0 aliphatic carbocycles. The number of aromatic nitrogens is 3. The summed E-state index contributed by atoms with van der Waals surface area (Å²) in [5.41, 5.74) is 2.24. The van der Waals surface area contributed by atoms with Crippen LogP contribution in [0.5, 0.6) is 0 Å². The predicted octanol–water partition coefficient (Wildman–Crippen LogP) is 3.11. The molecule has 1 amide bonds. The number of hydrogen-bond acceptors (Lipinski definition) is 5. The Bertz CT molecular complexity index is 838. The third kappa shape index (κ3) is 5.26. The SMILES string of the molecule is O=C(NCc1ccccn1)c1ccc(NCCc2ccc(Cl)cc2)nn1. The molecule has 26 heavy (non-hydrogen) atoms. The van der Waals surface area contributed by atoms with E-state index in [1.54, 1.807) is 18.3 Å². The maximum absolute atomic E-state index is 12.1. The van der Waals surface area contributed by atoms with Gasteiger partial charge in [-0.3, -0.25) is 9.78 Å². The number of nitrogens with one attached hydrogen (secondary N) is 2. The van der Waals surface area contributed by atoms with Gasteiger partial charge in [-0.05, 0) is 48.4 Å². The molecule has 0 saturated heterocycles. The Morgan fingerprint density at radius 3 is 2.54 bits per heavy atom. The fraction of sp³-hybridized carbons (Fsp3) is 0.158. The predicted molar refractivity (Wildman–Crippen MR) is 101 cm³/mol. The molecule has 0 atom stereocenters. The van der Waals surface area contributed by atoms with Crippen LogP contribution in [0.4, 0.5) is 5.82 Å². The van der Waals surface area contributed by atoms with E-state index in [0.29, 0.717) is 18.9 Å². The number of halogens is 1. The molecule has 6 nitrogen and oxygen atoms in total. The molecule has 2 N–H and O–H groups in total. The van der Waals surface area contributed by atoms with E-state index in [2.05, 4.69) is 25.8 Å². The zero-order chi connectivity index (χ0) is 18.2. The normalized spacial score (nSPS) is 10.3. The minimum Gasteiger partial charge on any atom is -0.368 e. The van der Waals surface area contributed by atoms with Gasteiger partial charge >= 0.3 is 0 Å². The first-order valence-electron chi connectivity index (χ1n) is 8.21. The summed E-state index contributed by atoms with van der Waals surface area (Å²) in [5.74, 6) is 0.344. The fourth-order valence-electron chi connectivity index (χ4n) is 2.30. The number of carbonyl (C=O) groups is 1. The lowest BCUT2D eigenvalue weighted by Gasteiger charge is -2.07. The highest BCUT2D eigenvalue weighted by atomic mass is 35.5. The van der Waals surface area contributed by atoms with Crippen molar-refractivity contribution < 1.29 is 4.79 Å². The molecule has 2 heterocycles. The van der Waals surface area contributed by atoms with Crippen LogP contribution in [0.25, 0.3) is 0 Å². The van der Waals surface area contributed by atoms with Crippen molar-refractivity contribution in [1.29, 1.82) is 0 Å². The van der Waals surface area contributed by atoms with Gasteiger partial charge in [0.1, 0.15) is 5.82 Å². The van der Waals surface area contributed by atoms with Crippen LogP contribution in [0, 0.1) is 0 Å². The van der Waals surface area contributed by atoms with Crippen molar-refractivity contribution in [2.45, 2.75) is 13.0 Å². The Morgan fingerprint density at radius 1 is 1.00 bits per heavy atom. The van der Waals surface area contributed by atoms with Crippen molar-refractivity contribution in [2.75, 3.05) is 11.9 Å². The minimum atomic E-state index is -0.282. The Labute approximate surface area is 156 Å². The second-order valence-corrected chi connectivity index (χ2v) is 6.05. The molecular weight excluding hydrogens is 350 g/mol. The molecule has 0 aliphatic rings. The molecule has 7 heteroatoms.